The zero-order valence-corrected chi connectivity index (χ0v) is 19.7. The summed E-state index contributed by atoms with van der Waals surface area (Å²) in [7, 11) is 8.09. The van der Waals surface area contributed by atoms with Gasteiger partial charge >= 0.3 is 0 Å². The van der Waals surface area contributed by atoms with Gasteiger partial charge in [-0.2, -0.15) is 0 Å². The number of hydrogen-bond donors (Lipinski definition) is 2. The Labute approximate surface area is 193 Å². The zero-order chi connectivity index (χ0) is 23.8. The summed E-state index contributed by atoms with van der Waals surface area (Å²) < 4.78 is 5.73. The molecule has 0 fully saturated rings. The topological polar surface area (TPSA) is 81.4 Å². The van der Waals surface area contributed by atoms with Crippen LogP contribution in [0.15, 0.2) is 58.1 Å². The molecule has 2 N–H and O–H groups in total. The molecule has 0 atom stereocenters. The Kier molecular flexibility index (Phi) is 8.40. The third kappa shape index (κ3) is 7.59. The van der Waals surface area contributed by atoms with Crippen molar-refractivity contribution in [2.75, 3.05) is 41.3 Å². The van der Waals surface area contributed by atoms with Gasteiger partial charge in [-0.3, -0.25) is 9.59 Å². The lowest BCUT2D eigenvalue weighted by Crippen LogP contribution is -2.46. The third-order valence-corrected chi connectivity index (χ3v) is 4.98. The number of rotatable bonds is 9. The second-order valence-electron chi connectivity index (χ2n) is 8.58. The number of H-pyrrole nitrogens is 2. The van der Waals surface area contributed by atoms with E-state index >= 15 is 0 Å². The fraction of sp³-hybridized carbons (Fsp3) is 0.308. The Morgan fingerprint density at radius 2 is 1.27 bits per heavy atom. The molecule has 0 amide bonds. The Morgan fingerprint density at radius 1 is 0.758 bits per heavy atom. The molecule has 3 rings (SSSR count). The molecule has 33 heavy (non-hydrogen) atoms. The molecule has 0 radical (unpaired) electrons. The highest BCUT2D eigenvalue weighted by molar-refractivity contribution is 5.50. The van der Waals surface area contributed by atoms with Gasteiger partial charge in [0.1, 0.15) is 16.4 Å². The van der Waals surface area contributed by atoms with Crippen LogP contribution in [0.2, 0.25) is 0 Å². The first-order valence-electron chi connectivity index (χ1n) is 11.0. The molecule has 0 saturated heterocycles. The molecular weight excluding hydrogens is 416 g/mol. The van der Waals surface area contributed by atoms with Crippen LogP contribution in [-0.4, -0.2) is 61.1 Å². The van der Waals surface area contributed by atoms with E-state index in [4.69, 9.17) is 4.74 Å². The van der Waals surface area contributed by atoms with Gasteiger partial charge in [0.05, 0.1) is 6.61 Å². The normalized spacial score (nSPS) is 12.7. The lowest BCUT2D eigenvalue weighted by Gasteiger charge is -2.10. The van der Waals surface area contributed by atoms with Crippen LogP contribution in [0, 0.1) is 0 Å². The summed E-state index contributed by atoms with van der Waals surface area (Å²) in [5, 5.41) is 0.428. The van der Waals surface area contributed by atoms with E-state index < -0.39 is 0 Å². The molecule has 0 bridgehead atoms. The summed E-state index contributed by atoms with van der Waals surface area (Å²) in [6, 6.07) is 15.3. The number of benzene rings is 2. The van der Waals surface area contributed by atoms with Crippen LogP contribution >= 0.6 is 0 Å². The summed E-state index contributed by atoms with van der Waals surface area (Å²) in [5.74, 6) is 0.773. The van der Waals surface area contributed by atoms with Gasteiger partial charge < -0.3 is 24.5 Å². The van der Waals surface area contributed by atoms with Crippen LogP contribution in [-0.2, 0) is 6.54 Å². The van der Waals surface area contributed by atoms with E-state index in [0.717, 1.165) is 36.4 Å². The van der Waals surface area contributed by atoms with Crippen LogP contribution in [0.25, 0.3) is 12.2 Å². The smallest absolute Gasteiger partial charge is 0.272 e. The fourth-order valence-corrected chi connectivity index (χ4v) is 3.34. The van der Waals surface area contributed by atoms with Gasteiger partial charge in [-0.1, -0.05) is 36.4 Å². The zero-order valence-electron chi connectivity index (χ0n) is 19.7. The van der Waals surface area contributed by atoms with Gasteiger partial charge in [0, 0.05) is 13.1 Å². The summed E-state index contributed by atoms with van der Waals surface area (Å²) in [5.41, 5.74) is 2.11. The van der Waals surface area contributed by atoms with Crippen molar-refractivity contribution in [2.24, 2.45) is 0 Å². The molecule has 0 aliphatic rings. The minimum Gasteiger partial charge on any atom is -0.494 e. The van der Waals surface area contributed by atoms with Crippen LogP contribution < -0.4 is 26.6 Å². The van der Waals surface area contributed by atoms with Crippen LogP contribution in [0.4, 0.5) is 0 Å². The highest BCUT2D eigenvalue weighted by Crippen LogP contribution is 2.12. The first-order valence-corrected chi connectivity index (χ1v) is 11.0. The SMILES string of the molecule is CN(C)CCCOc1ccc(/C=c2\[nH]c(=O)/c(=C/c3ccc(CN(C)C)cc3)[nH]c2=O)cc1. The number of aromatic amines is 2. The summed E-state index contributed by atoms with van der Waals surface area (Å²) in [4.78, 5) is 34.7. The van der Waals surface area contributed by atoms with Gasteiger partial charge in [-0.25, -0.2) is 0 Å². The maximum atomic E-state index is 12.5. The van der Waals surface area contributed by atoms with Crippen LogP contribution in [0.3, 0.4) is 0 Å². The van der Waals surface area contributed by atoms with E-state index in [1.54, 1.807) is 12.2 Å². The quantitative estimate of drug-likeness (QED) is 0.480. The first kappa shape index (κ1) is 24.2. The first-order chi connectivity index (χ1) is 15.8. The highest BCUT2D eigenvalue weighted by atomic mass is 16.5. The van der Waals surface area contributed by atoms with Gasteiger partial charge in [-0.15, -0.1) is 0 Å². The largest absolute Gasteiger partial charge is 0.494 e. The Balaban J connectivity index is 1.76. The van der Waals surface area contributed by atoms with Gasteiger partial charge in [-0.05, 0) is 75.6 Å². The lowest BCUT2D eigenvalue weighted by molar-refractivity contribution is 0.281. The van der Waals surface area contributed by atoms with Gasteiger partial charge in [0.25, 0.3) is 11.1 Å². The van der Waals surface area contributed by atoms with E-state index in [9.17, 15) is 9.59 Å². The van der Waals surface area contributed by atoms with E-state index in [1.807, 2.05) is 76.7 Å². The predicted molar refractivity (Wildman–Crippen MR) is 133 cm³/mol. The highest BCUT2D eigenvalue weighted by Gasteiger charge is 2.00. The molecule has 1 aromatic heterocycles. The summed E-state index contributed by atoms with van der Waals surface area (Å²) in [6.07, 6.45) is 4.27. The van der Waals surface area contributed by atoms with Crippen LogP contribution in [0.1, 0.15) is 23.1 Å². The number of nitrogens with one attached hydrogen (secondary N) is 2. The average Bonchev–Trinajstić information content (AvgIpc) is 2.76. The molecule has 174 valence electrons. The van der Waals surface area contributed by atoms with E-state index in [1.165, 1.54) is 5.56 Å². The molecule has 0 aliphatic carbocycles. The summed E-state index contributed by atoms with van der Waals surface area (Å²) >= 11 is 0. The van der Waals surface area contributed by atoms with Crippen molar-refractivity contribution in [2.45, 2.75) is 13.0 Å². The minimum atomic E-state index is -0.353. The van der Waals surface area contributed by atoms with Crippen molar-refractivity contribution in [1.82, 2.24) is 19.8 Å². The monoisotopic (exact) mass is 448 g/mol. The van der Waals surface area contributed by atoms with Crippen LogP contribution in [0.5, 0.6) is 5.75 Å². The van der Waals surface area contributed by atoms with Crippen molar-refractivity contribution in [3.63, 3.8) is 0 Å². The molecule has 0 saturated carbocycles. The minimum absolute atomic E-state index is 0.207. The molecule has 3 aromatic rings. The van der Waals surface area contributed by atoms with Crippen molar-refractivity contribution in [3.8, 4) is 5.75 Å². The Morgan fingerprint density at radius 3 is 1.76 bits per heavy atom. The molecule has 0 unspecified atom stereocenters. The number of nitrogens with zero attached hydrogens (tertiary/aromatic N) is 2. The molecule has 2 aromatic carbocycles. The number of ether oxygens (including phenoxy) is 1. The average molecular weight is 449 g/mol. The Hall–Kier alpha value is -3.42. The summed E-state index contributed by atoms with van der Waals surface area (Å²) in [6.45, 7) is 2.45. The molecule has 7 nitrogen and oxygen atoms in total. The maximum absolute atomic E-state index is 12.5. The van der Waals surface area contributed by atoms with Crippen molar-refractivity contribution >= 4 is 12.2 Å². The van der Waals surface area contributed by atoms with Gasteiger partial charge in [0.2, 0.25) is 0 Å². The standard InChI is InChI=1S/C26H32N4O3/c1-29(2)14-5-15-33-22-12-10-20(11-13-22)17-24-26(32)27-23(25(31)28-24)16-19-6-8-21(9-7-19)18-30(3)4/h6-13,16-17H,5,14-15,18H2,1-4H3,(H,27,32)(H,28,31)/b23-16-,24-17-. The molecule has 7 heteroatoms. The second kappa shape index (κ2) is 11.4. The third-order valence-electron chi connectivity index (χ3n) is 4.98. The fourth-order valence-electron chi connectivity index (χ4n) is 3.34. The number of hydrogen-bond acceptors (Lipinski definition) is 5. The predicted octanol–water partition coefficient (Wildman–Crippen LogP) is 1.11. The molecule has 0 aliphatic heterocycles. The van der Waals surface area contributed by atoms with E-state index in [-0.39, 0.29) is 21.8 Å². The molecular formula is C26H32N4O3. The Bertz CT molecular complexity index is 1270. The van der Waals surface area contributed by atoms with E-state index in [0.29, 0.717) is 6.61 Å². The molecule has 1 heterocycles. The maximum Gasteiger partial charge on any atom is 0.272 e. The van der Waals surface area contributed by atoms with Crippen molar-refractivity contribution in [1.29, 1.82) is 0 Å². The molecule has 0 spiro atoms. The number of aromatic nitrogens is 2. The van der Waals surface area contributed by atoms with Crippen molar-refractivity contribution in [3.05, 3.63) is 96.6 Å². The second-order valence-corrected chi connectivity index (χ2v) is 8.58. The van der Waals surface area contributed by atoms with E-state index in [2.05, 4.69) is 19.8 Å². The lowest BCUT2D eigenvalue weighted by atomic mass is 10.1. The van der Waals surface area contributed by atoms with Gasteiger partial charge in [0.15, 0.2) is 0 Å². The van der Waals surface area contributed by atoms with Crippen molar-refractivity contribution < 1.29 is 4.74 Å².